The van der Waals surface area contributed by atoms with Crippen LogP contribution in [0.4, 0.5) is 5.95 Å². The second-order valence-corrected chi connectivity index (χ2v) is 9.77. The molecule has 1 aliphatic heterocycles. The summed E-state index contributed by atoms with van der Waals surface area (Å²) in [7, 11) is 7.57. The van der Waals surface area contributed by atoms with E-state index in [9.17, 15) is 19.5 Å². The number of rotatable bonds is 11. The molecular formula is C26H37N6O9+. The quantitative estimate of drug-likeness (QED) is 0.204. The third-order valence-corrected chi connectivity index (χ3v) is 7.27. The van der Waals surface area contributed by atoms with Gasteiger partial charge in [-0.1, -0.05) is 0 Å². The van der Waals surface area contributed by atoms with E-state index in [0.29, 0.717) is 31.3 Å². The van der Waals surface area contributed by atoms with Crippen molar-refractivity contribution in [1.82, 2.24) is 18.7 Å². The van der Waals surface area contributed by atoms with Crippen LogP contribution in [0.1, 0.15) is 10.4 Å². The number of nitrogens with one attached hydrogen (secondary N) is 1. The highest BCUT2D eigenvalue weighted by Crippen LogP contribution is 2.38. The molecule has 1 atom stereocenters. The molecule has 0 radical (unpaired) electrons. The van der Waals surface area contributed by atoms with Gasteiger partial charge < -0.3 is 43.5 Å². The molecule has 15 heteroatoms. The van der Waals surface area contributed by atoms with E-state index in [-0.39, 0.29) is 48.0 Å². The van der Waals surface area contributed by atoms with E-state index in [1.165, 1.54) is 45.1 Å². The summed E-state index contributed by atoms with van der Waals surface area (Å²) in [6.07, 6.45) is -0.763. The summed E-state index contributed by atoms with van der Waals surface area (Å²) < 4.78 is 25.2. The summed E-state index contributed by atoms with van der Waals surface area (Å²) in [4.78, 5) is 47.1. The van der Waals surface area contributed by atoms with Crippen LogP contribution >= 0.6 is 0 Å². The molecule has 3 aromatic rings. The van der Waals surface area contributed by atoms with Crippen molar-refractivity contribution in [2.45, 2.75) is 12.6 Å². The summed E-state index contributed by atoms with van der Waals surface area (Å²) in [5.74, 6) is 0.763. The predicted molar refractivity (Wildman–Crippen MR) is 147 cm³/mol. The Morgan fingerprint density at radius 3 is 2.24 bits per heavy atom. The molecular weight excluding hydrogens is 540 g/mol. The van der Waals surface area contributed by atoms with Crippen LogP contribution in [0, 0.1) is 0 Å². The number of hydrogen-bond acceptors (Lipinski definition) is 11. The van der Waals surface area contributed by atoms with Gasteiger partial charge in [0.15, 0.2) is 22.7 Å². The van der Waals surface area contributed by atoms with Crippen molar-refractivity contribution in [3.63, 3.8) is 0 Å². The van der Waals surface area contributed by atoms with Gasteiger partial charge in [-0.25, -0.2) is 9.59 Å². The fourth-order valence-electron chi connectivity index (χ4n) is 5.05. The molecule has 0 amide bonds. The zero-order valence-electron chi connectivity index (χ0n) is 23.9. The molecule has 3 N–H and O–H groups in total. The number of nitrogens with zero attached hydrogens (tertiary/aromatic N) is 5. The SMILES string of the molecule is COc1cc(C(=O)OCCn2c(=O)c3c(nc(N4CC[NH+](CC(O)CO)CC4)n3C)n(C)c2=O)cc(OC)c1OC. The molecule has 4 rings (SSSR count). The topological polar surface area (TPSA) is 164 Å². The van der Waals surface area contributed by atoms with Crippen molar-refractivity contribution in [2.24, 2.45) is 14.1 Å². The van der Waals surface area contributed by atoms with Crippen LogP contribution in [0.15, 0.2) is 21.7 Å². The number of quaternary nitrogens is 1. The number of aliphatic hydroxyl groups excluding tert-OH is 2. The second-order valence-electron chi connectivity index (χ2n) is 9.77. The molecule has 1 aromatic carbocycles. The fourth-order valence-corrected chi connectivity index (χ4v) is 5.05. The average molecular weight is 578 g/mol. The molecule has 0 saturated carbocycles. The van der Waals surface area contributed by atoms with Crippen molar-refractivity contribution in [1.29, 1.82) is 0 Å². The number of anilines is 1. The molecule has 224 valence electrons. The van der Waals surface area contributed by atoms with Crippen molar-refractivity contribution >= 4 is 23.1 Å². The zero-order valence-corrected chi connectivity index (χ0v) is 23.9. The van der Waals surface area contributed by atoms with Crippen molar-refractivity contribution in [2.75, 3.05) is 72.2 Å². The maximum absolute atomic E-state index is 13.4. The predicted octanol–water partition coefficient (Wildman–Crippen LogP) is -2.63. The molecule has 41 heavy (non-hydrogen) atoms. The summed E-state index contributed by atoms with van der Waals surface area (Å²) in [5.41, 5.74) is -0.455. The van der Waals surface area contributed by atoms with Crippen LogP contribution in [0.25, 0.3) is 11.2 Å². The first-order valence-electron chi connectivity index (χ1n) is 13.2. The average Bonchev–Trinajstić information content (AvgIpc) is 3.34. The van der Waals surface area contributed by atoms with E-state index >= 15 is 0 Å². The van der Waals surface area contributed by atoms with Gasteiger partial charge in [-0.15, -0.1) is 0 Å². The largest absolute Gasteiger partial charge is 0.493 e. The van der Waals surface area contributed by atoms with Crippen LogP contribution < -0.4 is 35.3 Å². The number of aliphatic hydroxyl groups is 2. The number of benzene rings is 1. The molecule has 0 bridgehead atoms. The third-order valence-electron chi connectivity index (χ3n) is 7.27. The Labute approximate surface area is 235 Å². The number of imidazole rings is 1. The van der Waals surface area contributed by atoms with Crippen molar-refractivity contribution in [3.8, 4) is 17.2 Å². The normalized spacial score (nSPS) is 14.8. The monoisotopic (exact) mass is 577 g/mol. The van der Waals surface area contributed by atoms with Gasteiger partial charge in [0.2, 0.25) is 11.7 Å². The standard InChI is InChI=1S/C26H36N6O9/c1-28-20-22(27-25(28)31-8-6-30(7-9-31)14-17(34)15-33)29(2)26(37)32(23(20)35)10-11-41-24(36)16-12-18(38-3)21(40-5)19(13-16)39-4/h12-13,17,33-34H,6-11,14-15H2,1-5H3/p+1. The maximum Gasteiger partial charge on any atom is 0.338 e. The van der Waals surface area contributed by atoms with Crippen LogP contribution in [0.5, 0.6) is 17.2 Å². The van der Waals surface area contributed by atoms with Crippen molar-refractivity contribution in [3.05, 3.63) is 38.5 Å². The van der Waals surface area contributed by atoms with Crippen LogP contribution in [-0.4, -0.2) is 108 Å². The summed E-state index contributed by atoms with van der Waals surface area (Å²) >= 11 is 0. The van der Waals surface area contributed by atoms with E-state index in [4.69, 9.17) is 24.1 Å². The number of aryl methyl sites for hydroxylation is 2. The molecule has 15 nitrogen and oxygen atoms in total. The first-order valence-corrected chi connectivity index (χ1v) is 13.2. The Morgan fingerprint density at radius 1 is 1.05 bits per heavy atom. The van der Waals surface area contributed by atoms with Gasteiger partial charge in [-0.3, -0.25) is 13.9 Å². The Morgan fingerprint density at radius 2 is 1.68 bits per heavy atom. The third kappa shape index (κ3) is 5.87. The number of fused-ring (bicyclic) bond motifs is 1. The van der Waals surface area contributed by atoms with E-state index in [1.807, 2.05) is 4.90 Å². The molecule has 1 unspecified atom stereocenters. The Kier molecular flexibility index (Phi) is 9.20. The minimum Gasteiger partial charge on any atom is -0.493 e. The van der Waals surface area contributed by atoms with Gasteiger partial charge >= 0.3 is 11.7 Å². The van der Waals surface area contributed by atoms with Gasteiger partial charge in [0, 0.05) is 14.1 Å². The van der Waals surface area contributed by atoms with Gasteiger partial charge in [-0.05, 0) is 12.1 Å². The lowest BCUT2D eigenvalue weighted by atomic mass is 10.2. The van der Waals surface area contributed by atoms with Crippen LogP contribution in [0.3, 0.4) is 0 Å². The Bertz CT molecular complexity index is 1500. The molecule has 1 fully saturated rings. The van der Waals surface area contributed by atoms with Gasteiger partial charge in [0.25, 0.3) is 5.56 Å². The lowest BCUT2D eigenvalue weighted by molar-refractivity contribution is -0.903. The summed E-state index contributed by atoms with van der Waals surface area (Å²) in [6, 6.07) is 2.91. The number of ether oxygens (including phenoxy) is 4. The van der Waals surface area contributed by atoms with Crippen LogP contribution in [-0.2, 0) is 25.4 Å². The molecule has 1 saturated heterocycles. The maximum atomic E-state index is 13.4. The number of aromatic nitrogens is 4. The molecule has 0 aliphatic carbocycles. The first kappa shape index (κ1) is 29.9. The number of carbonyl (C=O) groups excluding carboxylic acids is 1. The highest BCUT2D eigenvalue weighted by molar-refractivity contribution is 5.91. The van der Waals surface area contributed by atoms with Crippen LogP contribution in [0.2, 0.25) is 0 Å². The fraction of sp³-hybridized carbons (Fsp3) is 0.538. The minimum absolute atomic E-state index is 0.152. The number of methoxy groups -OCH3 is 3. The Hall–Kier alpha value is -4.08. The van der Waals surface area contributed by atoms with E-state index in [0.717, 1.165) is 22.6 Å². The zero-order chi connectivity index (χ0) is 29.8. The molecule has 2 aromatic heterocycles. The van der Waals surface area contributed by atoms with Crippen molar-refractivity contribution < 1.29 is 38.9 Å². The number of piperazine rings is 1. The lowest BCUT2D eigenvalue weighted by Crippen LogP contribution is -3.16. The van der Waals surface area contributed by atoms with Gasteiger partial charge in [0.1, 0.15) is 19.3 Å². The van der Waals surface area contributed by atoms with E-state index in [1.54, 1.807) is 11.6 Å². The van der Waals surface area contributed by atoms with E-state index in [2.05, 4.69) is 4.98 Å². The number of carbonyl (C=O) groups is 1. The molecule has 3 heterocycles. The minimum atomic E-state index is -0.763. The summed E-state index contributed by atoms with van der Waals surface area (Å²) in [6.45, 7) is 2.49. The second kappa shape index (κ2) is 12.6. The van der Waals surface area contributed by atoms with Gasteiger partial charge in [-0.2, -0.15) is 4.98 Å². The molecule has 1 aliphatic rings. The number of hydrogen-bond donors (Lipinski definition) is 3. The highest BCUT2D eigenvalue weighted by atomic mass is 16.5. The number of esters is 1. The highest BCUT2D eigenvalue weighted by Gasteiger charge is 2.27. The Balaban J connectivity index is 1.52. The van der Waals surface area contributed by atoms with Gasteiger partial charge in [0.05, 0.1) is 66.2 Å². The lowest BCUT2D eigenvalue weighted by Gasteiger charge is -2.33. The molecule has 0 spiro atoms. The smallest absolute Gasteiger partial charge is 0.338 e. The first-order chi connectivity index (χ1) is 19.6. The van der Waals surface area contributed by atoms with E-state index < -0.39 is 23.3 Å². The summed E-state index contributed by atoms with van der Waals surface area (Å²) in [5, 5.41) is 18.9.